The zero-order chi connectivity index (χ0) is 18.6. The first-order valence-corrected chi connectivity index (χ1v) is 9.42. The minimum Gasteiger partial charge on any atom is -0.382 e. The summed E-state index contributed by atoms with van der Waals surface area (Å²) < 4.78 is 14.2. The first kappa shape index (κ1) is 16.6. The first-order chi connectivity index (χ1) is 13.0. The summed E-state index contributed by atoms with van der Waals surface area (Å²) in [5.41, 5.74) is 4.63. The lowest BCUT2D eigenvalue weighted by Gasteiger charge is -2.42. The fourth-order valence-corrected chi connectivity index (χ4v) is 3.78. The summed E-state index contributed by atoms with van der Waals surface area (Å²) >= 11 is 0. The van der Waals surface area contributed by atoms with Crippen LogP contribution in [0.3, 0.4) is 0 Å². The van der Waals surface area contributed by atoms with Crippen LogP contribution in [0.25, 0.3) is 27.5 Å². The molecule has 0 atom stereocenters. The van der Waals surface area contributed by atoms with Crippen LogP contribution in [0.5, 0.6) is 0 Å². The van der Waals surface area contributed by atoms with Gasteiger partial charge in [-0.05, 0) is 29.7 Å². The molecule has 3 nitrogen and oxygen atoms in total. The second kappa shape index (κ2) is 5.98. The van der Waals surface area contributed by atoms with Gasteiger partial charge in [-0.2, -0.15) is 0 Å². The van der Waals surface area contributed by atoms with Crippen molar-refractivity contribution in [2.75, 3.05) is 0 Å². The molecule has 3 aromatic carbocycles. The summed E-state index contributed by atoms with van der Waals surface area (Å²) in [6.45, 7) is 6.37. The predicted molar refractivity (Wildman–Crippen MR) is 112 cm³/mol. The van der Waals surface area contributed by atoms with Crippen LogP contribution in [-0.4, -0.2) is 18.0 Å². The predicted octanol–water partition coefficient (Wildman–Crippen LogP) is 4.90. The van der Waals surface area contributed by atoms with E-state index in [2.05, 4.69) is 98.1 Å². The Morgan fingerprint density at radius 1 is 0.741 bits per heavy atom. The molecule has 4 aromatic rings. The Morgan fingerprint density at radius 3 is 1.78 bits per heavy atom. The molecule has 0 aliphatic carbocycles. The van der Waals surface area contributed by atoms with Crippen molar-refractivity contribution >= 4 is 34.4 Å². The summed E-state index contributed by atoms with van der Waals surface area (Å²) in [7, 11) is -0.263. The number of nitrogens with zero attached hydrogens (tertiary/aromatic N) is 1. The third-order valence-corrected chi connectivity index (χ3v) is 5.21. The van der Waals surface area contributed by atoms with E-state index in [9.17, 15) is 0 Å². The molecule has 134 valence electrons. The summed E-state index contributed by atoms with van der Waals surface area (Å²) in [5.74, 6) is 0. The number of fused-ring (bicyclic) bond motifs is 3. The topological polar surface area (TPSA) is 23.4 Å². The van der Waals surface area contributed by atoms with Gasteiger partial charge in [0.15, 0.2) is 0 Å². The Labute approximate surface area is 159 Å². The van der Waals surface area contributed by atoms with Crippen LogP contribution < -0.4 is 5.46 Å². The van der Waals surface area contributed by atoms with Gasteiger partial charge in [0.25, 0.3) is 0 Å². The summed E-state index contributed by atoms with van der Waals surface area (Å²) in [6.07, 6.45) is -0.139. The highest BCUT2D eigenvalue weighted by Crippen LogP contribution is 2.32. The van der Waals surface area contributed by atoms with Crippen molar-refractivity contribution in [2.45, 2.75) is 27.1 Å². The molecule has 1 aliphatic rings. The molecule has 1 aliphatic heterocycles. The maximum atomic E-state index is 5.93. The van der Waals surface area contributed by atoms with Crippen LogP contribution in [0.2, 0.25) is 0 Å². The lowest BCUT2D eigenvalue weighted by Crippen LogP contribution is -2.57. The molecule has 2 heterocycles. The third kappa shape index (κ3) is 2.68. The number of hydrogen-bond acceptors (Lipinski definition) is 2. The Bertz CT molecular complexity index is 1070. The van der Waals surface area contributed by atoms with Gasteiger partial charge in [-0.1, -0.05) is 69.3 Å². The van der Waals surface area contributed by atoms with Gasteiger partial charge < -0.3 is 13.9 Å². The standard InChI is InChI=1S/C23H22BNO2/c1-23(2,3)22-26-24(27-22)16-12-14-17(15-13-16)25-20-10-6-4-8-18(20)19-9-5-7-11-21(19)25/h4-15,22H,1-3H3. The van der Waals surface area contributed by atoms with E-state index in [1.165, 1.54) is 21.8 Å². The molecule has 0 unspecified atom stereocenters. The van der Waals surface area contributed by atoms with Crippen molar-refractivity contribution in [3.8, 4) is 5.69 Å². The molecule has 0 spiro atoms. The van der Waals surface area contributed by atoms with Crippen molar-refractivity contribution in [3.63, 3.8) is 0 Å². The largest absolute Gasteiger partial charge is 0.497 e. The quantitative estimate of drug-likeness (QED) is 0.478. The Balaban J connectivity index is 1.53. The van der Waals surface area contributed by atoms with Gasteiger partial charge in [0.1, 0.15) is 6.29 Å². The van der Waals surface area contributed by atoms with E-state index in [1.807, 2.05) is 0 Å². The Hall–Kier alpha value is -2.56. The van der Waals surface area contributed by atoms with Gasteiger partial charge in [0.2, 0.25) is 0 Å². The second-order valence-corrected chi connectivity index (χ2v) is 8.26. The average Bonchev–Trinajstić information content (AvgIpc) is 2.95. The SMILES string of the molecule is CC(C)(C)C1OB(c2ccc(-n3c4ccccc4c4ccccc43)cc2)O1. The molecule has 0 bridgehead atoms. The summed E-state index contributed by atoms with van der Waals surface area (Å²) in [6, 6.07) is 25.6. The number of rotatable bonds is 2. The van der Waals surface area contributed by atoms with Crippen molar-refractivity contribution in [2.24, 2.45) is 5.41 Å². The van der Waals surface area contributed by atoms with Gasteiger partial charge in [0, 0.05) is 21.9 Å². The normalized spacial score (nSPS) is 15.4. The second-order valence-electron chi connectivity index (χ2n) is 8.26. The van der Waals surface area contributed by atoms with E-state index in [-0.39, 0.29) is 18.8 Å². The number of aromatic nitrogens is 1. The molecule has 0 radical (unpaired) electrons. The monoisotopic (exact) mass is 355 g/mol. The number of benzene rings is 3. The molecule has 0 N–H and O–H groups in total. The molecule has 1 saturated heterocycles. The zero-order valence-electron chi connectivity index (χ0n) is 15.8. The number of hydrogen-bond donors (Lipinski definition) is 0. The van der Waals surface area contributed by atoms with Crippen LogP contribution in [0.1, 0.15) is 20.8 Å². The zero-order valence-corrected chi connectivity index (χ0v) is 15.8. The van der Waals surface area contributed by atoms with Gasteiger partial charge in [-0.3, -0.25) is 0 Å². The Morgan fingerprint density at radius 2 is 1.26 bits per heavy atom. The molecule has 1 fully saturated rings. The smallest absolute Gasteiger partial charge is 0.382 e. The Kier molecular flexibility index (Phi) is 3.68. The molecule has 0 amide bonds. The highest BCUT2D eigenvalue weighted by atomic mass is 16.8. The van der Waals surface area contributed by atoms with E-state index in [1.54, 1.807) is 0 Å². The van der Waals surface area contributed by atoms with Crippen molar-refractivity contribution in [1.29, 1.82) is 0 Å². The lowest BCUT2D eigenvalue weighted by molar-refractivity contribution is -0.167. The maximum Gasteiger partial charge on any atom is 0.497 e. The van der Waals surface area contributed by atoms with Gasteiger partial charge >= 0.3 is 7.12 Å². The first-order valence-electron chi connectivity index (χ1n) is 9.42. The van der Waals surface area contributed by atoms with Crippen LogP contribution in [0, 0.1) is 5.41 Å². The van der Waals surface area contributed by atoms with E-state index < -0.39 is 0 Å². The summed E-state index contributed by atoms with van der Waals surface area (Å²) in [4.78, 5) is 0. The van der Waals surface area contributed by atoms with Crippen LogP contribution in [0.4, 0.5) is 0 Å². The molecule has 27 heavy (non-hydrogen) atoms. The van der Waals surface area contributed by atoms with Crippen molar-refractivity contribution in [1.82, 2.24) is 4.57 Å². The van der Waals surface area contributed by atoms with E-state index in [0.29, 0.717) is 0 Å². The highest BCUT2D eigenvalue weighted by molar-refractivity contribution is 6.62. The van der Waals surface area contributed by atoms with Gasteiger partial charge in [0.05, 0.1) is 11.0 Å². The van der Waals surface area contributed by atoms with Crippen molar-refractivity contribution in [3.05, 3.63) is 72.8 Å². The third-order valence-electron chi connectivity index (χ3n) is 5.21. The van der Waals surface area contributed by atoms with Gasteiger partial charge in [-0.25, -0.2) is 0 Å². The fourth-order valence-electron chi connectivity index (χ4n) is 3.78. The molecule has 5 rings (SSSR count). The van der Waals surface area contributed by atoms with Crippen LogP contribution >= 0.6 is 0 Å². The highest BCUT2D eigenvalue weighted by Gasteiger charge is 2.44. The van der Waals surface area contributed by atoms with Crippen LogP contribution in [0.15, 0.2) is 72.8 Å². The fraction of sp³-hybridized carbons (Fsp3) is 0.217. The van der Waals surface area contributed by atoms with E-state index in [4.69, 9.17) is 9.31 Å². The lowest BCUT2D eigenvalue weighted by atomic mass is 9.74. The molecular weight excluding hydrogens is 333 g/mol. The molecular formula is C23H22BNO2. The average molecular weight is 355 g/mol. The minimum absolute atomic E-state index is 0.000583. The van der Waals surface area contributed by atoms with E-state index in [0.717, 1.165) is 11.2 Å². The van der Waals surface area contributed by atoms with Crippen molar-refractivity contribution < 1.29 is 9.31 Å². The molecule has 1 aromatic heterocycles. The van der Waals surface area contributed by atoms with E-state index >= 15 is 0 Å². The molecule has 0 saturated carbocycles. The summed E-state index contributed by atoms with van der Waals surface area (Å²) in [5, 5.41) is 2.55. The maximum absolute atomic E-state index is 5.93. The van der Waals surface area contributed by atoms with Crippen LogP contribution in [-0.2, 0) is 9.31 Å². The number of para-hydroxylation sites is 2. The molecule has 4 heteroatoms. The van der Waals surface area contributed by atoms with Gasteiger partial charge in [-0.15, -0.1) is 0 Å². The minimum atomic E-state index is -0.263.